The Labute approximate surface area is 165 Å². The minimum atomic E-state index is -0.631. The van der Waals surface area contributed by atoms with Crippen LogP contribution in [-0.2, 0) is 13.0 Å². The normalized spacial score (nSPS) is 12.2. The second-order valence-electron chi connectivity index (χ2n) is 7.01. The summed E-state index contributed by atoms with van der Waals surface area (Å²) in [5, 5.41) is 10.6. The molecule has 0 unspecified atom stereocenters. The summed E-state index contributed by atoms with van der Waals surface area (Å²) in [5.41, 5.74) is 4.47. The molecule has 0 amide bonds. The third-order valence-electron chi connectivity index (χ3n) is 4.92. The molecule has 0 saturated heterocycles. The summed E-state index contributed by atoms with van der Waals surface area (Å²) in [4.78, 5) is 4.83. The Bertz CT molecular complexity index is 1060. The van der Waals surface area contributed by atoms with Gasteiger partial charge in [0, 0.05) is 6.42 Å². The number of rotatable bonds is 7. The van der Waals surface area contributed by atoms with Gasteiger partial charge in [-0.2, -0.15) is 0 Å². The van der Waals surface area contributed by atoms with Crippen molar-refractivity contribution in [1.82, 2.24) is 9.55 Å². The maximum atomic E-state index is 10.6. The molecule has 4 aromatic rings. The van der Waals surface area contributed by atoms with E-state index in [2.05, 4.69) is 35.8 Å². The molecule has 1 atom stereocenters. The van der Waals surface area contributed by atoms with E-state index >= 15 is 0 Å². The zero-order chi connectivity index (χ0) is 19.3. The van der Waals surface area contributed by atoms with Crippen LogP contribution < -0.4 is 4.74 Å². The van der Waals surface area contributed by atoms with Gasteiger partial charge < -0.3 is 14.4 Å². The third-order valence-corrected chi connectivity index (χ3v) is 4.92. The highest BCUT2D eigenvalue weighted by atomic mass is 16.5. The van der Waals surface area contributed by atoms with Crippen LogP contribution in [0.25, 0.3) is 11.0 Å². The summed E-state index contributed by atoms with van der Waals surface area (Å²) in [6, 6.07) is 26.0. The maximum Gasteiger partial charge on any atom is 0.119 e. The number of hydrogen-bond acceptors (Lipinski definition) is 3. The largest absolute Gasteiger partial charge is 0.491 e. The van der Waals surface area contributed by atoms with Gasteiger partial charge in [0.15, 0.2) is 0 Å². The summed E-state index contributed by atoms with van der Waals surface area (Å²) >= 11 is 0. The number of aliphatic hydroxyl groups is 1. The van der Waals surface area contributed by atoms with Gasteiger partial charge in [0.25, 0.3) is 0 Å². The van der Waals surface area contributed by atoms with Crippen molar-refractivity contribution >= 4 is 11.0 Å². The lowest BCUT2D eigenvalue weighted by molar-refractivity contribution is 0.0928. The van der Waals surface area contributed by atoms with Crippen molar-refractivity contribution in [2.75, 3.05) is 6.61 Å². The predicted molar refractivity (Wildman–Crippen MR) is 112 cm³/mol. The molecule has 1 heterocycles. The standard InChI is InChI=1S/C24H24N2O2/c1-18-9-5-6-10-19(18)15-24-25-22-13-7-8-14-23(22)26(24)16-20(27)17-28-21-11-3-2-4-12-21/h2-14,20,27H,15-17H2,1H3/t20-/m1/s1. The van der Waals surface area contributed by atoms with Gasteiger partial charge in [0.1, 0.15) is 24.3 Å². The first-order valence-corrected chi connectivity index (χ1v) is 9.55. The van der Waals surface area contributed by atoms with Gasteiger partial charge in [-0.1, -0.05) is 54.6 Å². The fraction of sp³-hybridized carbons (Fsp3) is 0.208. The van der Waals surface area contributed by atoms with Crippen LogP contribution in [0, 0.1) is 6.92 Å². The zero-order valence-corrected chi connectivity index (χ0v) is 16.0. The number of aryl methyl sites for hydroxylation is 1. The lowest BCUT2D eigenvalue weighted by atomic mass is 10.1. The van der Waals surface area contributed by atoms with Crippen molar-refractivity contribution in [3.63, 3.8) is 0 Å². The van der Waals surface area contributed by atoms with Gasteiger partial charge in [-0.05, 0) is 42.3 Å². The van der Waals surface area contributed by atoms with E-state index in [1.807, 2.05) is 54.6 Å². The summed E-state index contributed by atoms with van der Waals surface area (Å²) in [5.74, 6) is 1.71. The van der Waals surface area contributed by atoms with E-state index in [-0.39, 0.29) is 6.61 Å². The Hall–Kier alpha value is -3.11. The van der Waals surface area contributed by atoms with E-state index in [1.54, 1.807) is 0 Å². The molecule has 4 nitrogen and oxygen atoms in total. The van der Waals surface area contributed by atoms with Crippen LogP contribution in [0.3, 0.4) is 0 Å². The van der Waals surface area contributed by atoms with Gasteiger partial charge in [-0.15, -0.1) is 0 Å². The molecule has 142 valence electrons. The van der Waals surface area contributed by atoms with E-state index in [1.165, 1.54) is 11.1 Å². The molecule has 0 aliphatic rings. The van der Waals surface area contributed by atoms with E-state index in [0.717, 1.165) is 29.0 Å². The number of benzene rings is 3. The van der Waals surface area contributed by atoms with Gasteiger partial charge in [0.05, 0.1) is 17.6 Å². The van der Waals surface area contributed by atoms with Crippen LogP contribution in [-0.4, -0.2) is 27.4 Å². The Morgan fingerprint density at radius 2 is 1.64 bits per heavy atom. The molecular formula is C24H24N2O2. The minimum absolute atomic E-state index is 0.236. The van der Waals surface area contributed by atoms with Crippen LogP contribution in [0.5, 0.6) is 5.75 Å². The summed E-state index contributed by atoms with van der Waals surface area (Å²) in [6.45, 7) is 2.79. The maximum absolute atomic E-state index is 10.6. The third kappa shape index (κ3) is 4.07. The van der Waals surface area contributed by atoms with Crippen molar-refractivity contribution in [2.45, 2.75) is 26.0 Å². The van der Waals surface area contributed by atoms with Gasteiger partial charge in [-0.25, -0.2) is 4.98 Å². The number of aliphatic hydroxyl groups excluding tert-OH is 1. The smallest absolute Gasteiger partial charge is 0.119 e. The molecule has 4 heteroatoms. The number of fused-ring (bicyclic) bond motifs is 1. The molecule has 0 saturated carbocycles. The van der Waals surface area contributed by atoms with Crippen LogP contribution in [0.2, 0.25) is 0 Å². The highest BCUT2D eigenvalue weighted by molar-refractivity contribution is 5.76. The number of aromatic nitrogens is 2. The number of ether oxygens (including phenoxy) is 1. The highest BCUT2D eigenvalue weighted by Crippen LogP contribution is 2.21. The van der Waals surface area contributed by atoms with E-state index in [4.69, 9.17) is 9.72 Å². The molecule has 0 spiro atoms. The molecule has 3 aromatic carbocycles. The van der Waals surface area contributed by atoms with Crippen LogP contribution in [0.15, 0.2) is 78.9 Å². The first kappa shape index (κ1) is 18.3. The molecule has 1 N–H and O–H groups in total. The zero-order valence-electron chi connectivity index (χ0n) is 16.0. The highest BCUT2D eigenvalue weighted by Gasteiger charge is 2.15. The SMILES string of the molecule is Cc1ccccc1Cc1nc2ccccc2n1C[C@@H](O)COc1ccccc1. The Balaban J connectivity index is 1.57. The fourth-order valence-corrected chi connectivity index (χ4v) is 3.42. The van der Waals surface area contributed by atoms with E-state index in [9.17, 15) is 5.11 Å². The van der Waals surface area contributed by atoms with Crippen molar-refractivity contribution < 1.29 is 9.84 Å². The average molecular weight is 372 g/mol. The molecule has 0 aliphatic carbocycles. The predicted octanol–water partition coefficient (Wildman–Crippen LogP) is 4.38. The number of para-hydroxylation sites is 3. The second kappa shape index (κ2) is 8.28. The second-order valence-corrected chi connectivity index (χ2v) is 7.01. The van der Waals surface area contributed by atoms with Crippen molar-refractivity contribution in [2.24, 2.45) is 0 Å². The number of nitrogens with zero attached hydrogens (tertiary/aromatic N) is 2. The topological polar surface area (TPSA) is 47.3 Å². The minimum Gasteiger partial charge on any atom is -0.491 e. The Kier molecular flexibility index (Phi) is 5.40. The van der Waals surface area contributed by atoms with E-state index in [0.29, 0.717) is 6.54 Å². The molecule has 0 fully saturated rings. The molecule has 0 radical (unpaired) electrons. The molecular weight excluding hydrogens is 348 g/mol. The summed E-state index contributed by atoms with van der Waals surface area (Å²) in [7, 11) is 0. The van der Waals surface area contributed by atoms with Crippen molar-refractivity contribution in [1.29, 1.82) is 0 Å². The monoisotopic (exact) mass is 372 g/mol. The molecule has 0 bridgehead atoms. The molecule has 28 heavy (non-hydrogen) atoms. The van der Waals surface area contributed by atoms with Gasteiger partial charge >= 0.3 is 0 Å². The Morgan fingerprint density at radius 1 is 0.929 bits per heavy atom. The van der Waals surface area contributed by atoms with Gasteiger partial charge in [0.2, 0.25) is 0 Å². The lowest BCUT2D eigenvalue weighted by Crippen LogP contribution is -2.24. The first-order valence-electron chi connectivity index (χ1n) is 9.55. The summed E-state index contributed by atoms with van der Waals surface area (Å²) in [6.07, 6.45) is 0.0987. The lowest BCUT2D eigenvalue weighted by Gasteiger charge is -2.16. The number of imidazole rings is 1. The fourth-order valence-electron chi connectivity index (χ4n) is 3.42. The number of hydrogen-bond donors (Lipinski definition) is 1. The molecule has 0 aliphatic heterocycles. The van der Waals surface area contributed by atoms with E-state index < -0.39 is 6.10 Å². The van der Waals surface area contributed by atoms with Crippen LogP contribution in [0.4, 0.5) is 0 Å². The first-order chi connectivity index (χ1) is 13.7. The molecule has 4 rings (SSSR count). The Morgan fingerprint density at radius 3 is 2.46 bits per heavy atom. The van der Waals surface area contributed by atoms with Gasteiger partial charge in [-0.3, -0.25) is 0 Å². The van der Waals surface area contributed by atoms with Crippen LogP contribution in [0.1, 0.15) is 17.0 Å². The summed E-state index contributed by atoms with van der Waals surface area (Å²) < 4.78 is 7.83. The quantitative estimate of drug-likeness (QED) is 0.524. The van der Waals surface area contributed by atoms with Crippen LogP contribution >= 0.6 is 0 Å². The average Bonchev–Trinajstić information content (AvgIpc) is 3.06. The molecule has 1 aromatic heterocycles. The van der Waals surface area contributed by atoms with Crippen molar-refractivity contribution in [3.05, 3.63) is 95.8 Å². The van der Waals surface area contributed by atoms with Crippen molar-refractivity contribution in [3.8, 4) is 5.75 Å².